The van der Waals surface area contributed by atoms with E-state index in [2.05, 4.69) is 56.1 Å². The average molecular weight is 395 g/mol. The van der Waals surface area contributed by atoms with E-state index in [9.17, 15) is 4.79 Å². The summed E-state index contributed by atoms with van der Waals surface area (Å²) in [5, 5.41) is 2.98. The fourth-order valence-electron chi connectivity index (χ4n) is 3.82. The maximum absolute atomic E-state index is 12.7. The molecule has 0 atom stereocenters. The lowest BCUT2D eigenvalue weighted by Gasteiger charge is -2.34. The molecule has 7 heteroatoms. The lowest BCUT2D eigenvalue weighted by Crippen LogP contribution is -2.44. The number of amides is 1. The number of piperazine rings is 2. The van der Waals surface area contributed by atoms with Crippen molar-refractivity contribution in [2.45, 2.75) is 0 Å². The maximum atomic E-state index is 12.7. The van der Waals surface area contributed by atoms with Gasteiger partial charge in [-0.05, 0) is 50.5 Å². The average Bonchev–Trinajstić information content (AvgIpc) is 2.75. The fraction of sp³-hybridized carbons (Fsp3) is 0.455. The van der Waals surface area contributed by atoms with Gasteiger partial charge < -0.3 is 24.9 Å². The Morgan fingerprint density at radius 2 is 1.34 bits per heavy atom. The van der Waals surface area contributed by atoms with Crippen LogP contribution >= 0.6 is 0 Å². The molecule has 1 aromatic carbocycles. The highest BCUT2D eigenvalue weighted by atomic mass is 16.1. The van der Waals surface area contributed by atoms with Gasteiger partial charge in [0.1, 0.15) is 5.69 Å². The zero-order chi connectivity index (χ0) is 20.2. The quantitative estimate of drug-likeness (QED) is 0.854. The summed E-state index contributed by atoms with van der Waals surface area (Å²) in [6, 6.07) is 12.0. The van der Waals surface area contributed by atoms with Crippen molar-refractivity contribution in [1.82, 2.24) is 14.8 Å². The maximum Gasteiger partial charge on any atom is 0.274 e. The Morgan fingerprint density at radius 3 is 1.93 bits per heavy atom. The number of likely N-dealkylation sites (N-methyl/N-ethyl adjacent to an activating group) is 2. The number of hydrogen-bond acceptors (Lipinski definition) is 6. The van der Waals surface area contributed by atoms with Gasteiger partial charge in [-0.3, -0.25) is 9.78 Å². The molecule has 3 heterocycles. The Bertz CT molecular complexity index is 823. The number of rotatable bonds is 4. The molecular weight excluding hydrogens is 364 g/mol. The van der Waals surface area contributed by atoms with Gasteiger partial charge in [0.15, 0.2) is 0 Å². The van der Waals surface area contributed by atoms with Crippen LogP contribution in [0.1, 0.15) is 10.5 Å². The predicted octanol–water partition coefficient (Wildman–Crippen LogP) is 1.84. The highest BCUT2D eigenvalue weighted by molar-refractivity contribution is 6.03. The van der Waals surface area contributed by atoms with E-state index in [0.29, 0.717) is 5.69 Å². The summed E-state index contributed by atoms with van der Waals surface area (Å²) in [6.45, 7) is 8.22. The molecule has 0 radical (unpaired) electrons. The minimum atomic E-state index is -0.173. The number of hydrogen-bond donors (Lipinski definition) is 1. The normalized spacial score (nSPS) is 18.7. The third-order valence-electron chi connectivity index (χ3n) is 5.84. The Morgan fingerprint density at radius 1 is 0.793 bits per heavy atom. The van der Waals surface area contributed by atoms with Crippen molar-refractivity contribution in [3.8, 4) is 0 Å². The first-order valence-electron chi connectivity index (χ1n) is 10.3. The molecule has 2 aliphatic rings. The van der Waals surface area contributed by atoms with Crippen LogP contribution in [0.25, 0.3) is 0 Å². The van der Waals surface area contributed by atoms with Gasteiger partial charge in [0, 0.05) is 75.6 Å². The molecule has 2 aromatic rings. The molecule has 0 saturated carbocycles. The first-order chi connectivity index (χ1) is 14.1. The SMILES string of the molecule is CN1CCN(c2ccc(NC(=O)c3cc(N4CCN(C)CC4)ccn3)cc2)CC1. The molecule has 0 spiro atoms. The van der Waals surface area contributed by atoms with Crippen molar-refractivity contribution in [2.75, 3.05) is 81.6 Å². The molecule has 0 unspecified atom stereocenters. The summed E-state index contributed by atoms with van der Waals surface area (Å²) in [5.74, 6) is -0.173. The van der Waals surface area contributed by atoms with Crippen molar-refractivity contribution in [2.24, 2.45) is 0 Å². The van der Waals surface area contributed by atoms with Gasteiger partial charge in [-0.2, -0.15) is 0 Å². The van der Waals surface area contributed by atoms with E-state index in [4.69, 9.17) is 0 Å². The molecule has 1 amide bonds. The Hall–Kier alpha value is -2.64. The third kappa shape index (κ3) is 4.86. The monoisotopic (exact) mass is 394 g/mol. The van der Waals surface area contributed by atoms with Crippen LogP contribution in [0.3, 0.4) is 0 Å². The van der Waals surface area contributed by atoms with E-state index in [0.717, 1.165) is 63.7 Å². The molecule has 1 aromatic heterocycles. The number of anilines is 3. The van der Waals surface area contributed by atoms with E-state index in [1.54, 1.807) is 6.20 Å². The Labute approximate surface area is 172 Å². The molecule has 4 rings (SSSR count). The largest absolute Gasteiger partial charge is 0.369 e. The summed E-state index contributed by atoms with van der Waals surface area (Å²) in [7, 11) is 4.29. The molecule has 0 bridgehead atoms. The second-order valence-corrected chi connectivity index (χ2v) is 7.98. The van der Waals surface area contributed by atoms with Gasteiger partial charge in [-0.15, -0.1) is 0 Å². The Balaban J connectivity index is 1.38. The number of nitrogens with zero attached hydrogens (tertiary/aromatic N) is 5. The van der Waals surface area contributed by atoms with Crippen LogP contribution < -0.4 is 15.1 Å². The summed E-state index contributed by atoms with van der Waals surface area (Å²) >= 11 is 0. The highest BCUT2D eigenvalue weighted by Gasteiger charge is 2.17. The van der Waals surface area contributed by atoms with Gasteiger partial charge in [0.25, 0.3) is 5.91 Å². The zero-order valence-electron chi connectivity index (χ0n) is 17.3. The van der Waals surface area contributed by atoms with Crippen molar-refractivity contribution >= 4 is 23.0 Å². The topological polar surface area (TPSA) is 55.0 Å². The number of carbonyl (C=O) groups is 1. The summed E-state index contributed by atoms with van der Waals surface area (Å²) in [5.41, 5.74) is 3.50. The first-order valence-corrected chi connectivity index (χ1v) is 10.3. The molecule has 29 heavy (non-hydrogen) atoms. The minimum Gasteiger partial charge on any atom is -0.369 e. The van der Waals surface area contributed by atoms with Crippen molar-refractivity contribution in [3.05, 3.63) is 48.3 Å². The van der Waals surface area contributed by atoms with E-state index in [1.807, 2.05) is 24.3 Å². The van der Waals surface area contributed by atoms with Crippen molar-refractivity contribution in [1.29, 1.82) is 0 Å². The second-order valence-electron chi connectivity index (χ2n) is 7.98. The molecule has 2 saturated heterocycles. The van der Waals surface area contributed by atoms with Gasteiger partial charge in [-0.1, -0.05) is 0 Å². The highest BCUT2D eigenvalue weighted by Crippen LogP contribution is 2.21. The standard InChI is InChI=1S/C22H30N6O/c1-25-9-13-27(14-10-25)19-5-3-18(4-6-19)24-22(29)21-17-20(7-8-23-21)28-15-11-26(2)12-16-28/h3-8,17H,9-16H2,1-2H3,(H,24,29). The number of benzene rings is 1. The molecule has 2 aliphatic heterocycles. The van der Waals surface area contributed by atoms with Gasteiger partial charge in [-0.25, -0.2) is 0 Å². The summed E-state index contributed by atoms with van der Waals surface area (Å²) < 4.78 is 0. The number of aromatic nitrogens is 1. The van der Waals surface area contributed by atoms with Crippen LogP contribution in [0.5, 0.6) is 0 Å². The van der Waals surface area contributed by atoms with Crippen LogP contribution in [0.2, 0.25) is 0 Å². The van der Waals surface area contributed by atoms with E-state index < -0.39 is 0 Å². The van der Waals surface area contributed by atoms with E-state index in [1.165, 1.54) is 5.69 Å². The molecular formula is C22H30N6O. The van der Waals surface area contributed by atoms with E-state index in [-0.39, 0.29) is 5.91 Å². The van der Waals surface area contributed by atoms with Crippen LogP contribution in [0, 0.1) is 0 Å². The lowest BCUT2D eigenvalue weighted by atomic mass is 10.2. The molecule has 0 aliphatic carbocycles. The Kier molecular flexibility index (Phi) is 5.97. The minimum absolute atomic E-state index is 0.173. The summed E-state index contributed by atoms with van der Waals surface area (Å²) in [4.78, 5) is 26.3. The first kappa shape index (κ1) is 19.7. The van der Waals surface area contributed by atoms with Crippen LogP contribution in [-0.4, -0.2) is 87.1 Å². The summed E-state index contributed by atoms with van der Waals surface area (Å²) in [6.07, 6.45) is 1.72. The number of pyridine rings is 1. The van der Waals surface area contributed by atoms with Crippen molar-refractivity contribution in [3.63, 3.8) is 0 Å². The fourth-order valence-corrected chi connectivity index (χ4v) is 3.82. The lowest BCUT2D eigenvalue weighted by molar-refractivity contribution is 0.102. The van der Waals surface area contributed by atoms with Crippen molar-refractivity contribution < 1.29 is 4.79 Å². The van der Waals surface area contributed by atoms with Gasteiger partial charge in [0.05, 0.1) is 0 Å². The van der Waals surface area contributed by atoms with Crippen LogP contribution in [-0.2, 0) is 0 Å². The van der Waals surface area contributed by atoms with Gasteiger partial charge in [0.2, 0.25) is 0 Å². The van der Waals surface area contributed by atoms with Gasteiger partial charge >= 0.3 is 0 Å². The van der Waals surface area contributed by atoms with Crippen LogP contribution in [0.4, 0.5) is 17.1 Å². The number of carbonyl (C=O) groups excluding carboxylic acids is 1. The predicted molar refractivity (Wildman–Crippen MR) is 118 cm³/mol. The van der Waals surface area contributed by atoms with E-state index >= 15 is 0 Å². The molecule has 154 valence electrons. The molecule has 7 nitrogen and oxygen atoms in total. The van der Waals surface area contributed by atoms with Crippen LogP contribution in [0.15, 0.2) is 42.6 Å². The second kappa shape index (κ2) is 8.80. The smallest absolute Gasteiger partial charge is 0.274 e. The zero-order valence-corrected chi connectivity index (χ0v) is 17.3. The molecule has 2 fully saturated rings. The number of nitrogens with one attached hydrogen (secondary N) is 1. The molecule has 1 N–H and O–H groups in total. The third-order valence-corrected chi connectivity index (χ3v) is 5.84.